The van der Waals surface area contributed by atoms with Gasteiger partial charge in [-0.15, -0.1) is 0 Å². The van der Waals surface area contributed by atoms with Crippen LogP contribution in [0.25, 0.3) is 0 Å². The lowest BCUT2D eigenvalue weighted by molar-refractivity contribution is -0.139. The quantitative estimate of drug-likeness (QED) is 0.442. The van der Waals surface area contributed by atoms with Crippen LogP contribution in [-0.2, 0) is 15.0 Å². The molecule has 0 N–H and O–H groups in total. The van der Waals surface area contributed by atoms with Gasteiger partial charge in [0.15, 0.2) is 5.78 Å². The van der Waals surface area contributed by atoms with Crippen LogP contribution in [0.4, 0.5) is 10.5 Å². The normalized spacial score (nSPS) is 14.6. The number of ether oxygens (including phenoxy) is 1. The zero-order valence-corrected chi connectivity index (χ0v) is 16.8. The number of carbonyl (C=O) groups is 4. The minimum absolute atomic E-state index is 0.0618. The van der Waals surface area contributed by atoms with Crippen LogP contribution in [0.3, 0.4) is 0 Å². The summed E-state index contributed by atoms with van der Waals surface area (Å²) in [6.07, 6.45) is 0. The zero-order valence-electron chi connectivity index (χ0n) is 16.8. The fourth-order valence-corrected chi connectivity index (χ4v) is 2.99. The first-order valence-electron chi connectivity index (χ1n) is 9.11. The Morgan fingerprint density at radius 2 is 1.48 bits per heavy atom. The van der Waals surface area contributed by atoms with Crippen molar-refractivity contribution in [3.63, 3.8) is 0 Å². The molecular weight excluding hydrogens is 372 g/mol. The van der Waals surface area contributed by atoms with Gasteiger partial charge in [0.2, 0.25) is 0 Å². The van der Waals surface area contributed by atoms with E-state index in [1.165, 1.54) is 19.2 Å². The van der Waals surface area contributed by atoms with Crippen molar-refractivity contribution in [3.8, 4) is 5.75 Å². The number of rotatable bonds is 5. The van der Waals surface area contributed by atoms with Gasteiger partial charge < -0.3 is 4.74 Å². The second kappa shape index (κ2) is 7.50. The summed E-state index contributed by atoms with van der Waals surface area (Å²) in [4.78, 5) is 51.3. The highest BCUT2D eigenvalue weighted by Crippen LogP contribution is 2.25. The van der Waals surface area contributed by atoms with Crippen molar-refractivity contribution in [3.05, 3.63) is 59.7 Å². The minimum Gasteiger partial charge on any atom is -0.497 e. The first-order valence-corrected chi connectivity index (χ1v) is 9.11. The zero-order chi connectivity index (χ0) is 21.3. The summed E-state index contributed by atoms with van der Waals surface area (Å²) in [6.45, 7) is 5.69. The van der Waals surface area contributed by atoms with Crippen molar-refractivity contribution in [1.82, 2.24) is 4.90 Å². The maximum atomic E-state index is 12.7. The third-order valence-corrected chi connectivity index (χ3v) is 4.76. The summed E-state index contributed by atoms with van der Waals surface area (Å²) in [5.41, 5.74) is 1.60. The van der Waals surface area contributed by atoms with Gasteiger partial charge in [0.25, 0.3) is 0 Å². The van der Waals surface area contributed by atoms with Crippen molar-refractivity contribution in [2.45, 2.75) is 26.2 Å². The second-order valence-electron chi connectivity index (χ2n) is 7.76. The number of Topliss-reactive ketones (excluding diaryl/α,β-unsaturated/α-hetero) is 1. The third-order valence-electron chi connectivity index (χ3n) is 4.76. The average molecular weight is 394 g/mol. The lowest BCUT2D eigenvalue weighted by Gasteiger charge is -2.19. The molecule has 2 aromatic rings. The van der Waals surface area contributed by atoms with Crippen molar-refractivity contribution in [1.29, 1.82) is 0 Å². The molecule has 7 heteroatoms. The molecule has 0 atom stereocenters. The number of imide groups is 2. The average Bonchev–Trinajstić information content (AvgIpc) is 2.91. The molecule has 0 radical (unpaired) electrons. The topological polar surface area (TPSA) is 84.0 Å². The van der Waals surface area contributed by atoms with Crippen LogP contribution < -0.4 is 9.64 Å². The van der Waals surface area contributed by atoms with Crippen molar-refractivity contribution in [2.24, 2.45) is 0 Å². The molecule has 29 heavy (non-hydrogen) atoms. The van der Waals surface area contributed by atoms with E-state index in [0.717, 1.165) is 10.5 Å². The number of nitrogens with zero attached hydrogens (tertiary/aromatic N) is 2. The van der Waals surface area contributed by atoms with Gasteiger partial charge in [0.05, 0.1) is 19.3 Å². The largest absolute Gasteiger partial charge is 0.497 e. The van der Waals surface area contributed by atoms with Crippen LogP contribution in [0.2, 0.25) is 0 Å². The van der Waals surface area contributed by atoms with Gasteiger partial charge in [-0.1, -0.05) is 45.0 Å². The molecule has 4 amide bonds. The van der Waals surface area contributed by atoms with E-state index < -0.39 is 30.2 Å². The van der Waals surface area contributed by atoms with Gasteiger partial charge >= 0.3 is 17.8 Å². The molecule has 150 valence electrons. The molecule has 0 spiro atoms. The van der Waals surface area contributed by atoms with E-state index in [-0.39, 0.29) is 11.1 Å². The lowest BCUT2D eigenvalue weighted by Crippen LogP contribution is -2.37. The van der Waals surface area contributed by atoms with E-state index in [1.54, 1.807) is 24.3 Å². The van der Waals surface area contributed by atoms with Gasteiger partial charge in [0.1, 0.15) is 5.75 Å². The highest BCUT2D eigenvalue weighted by atomic mass is 16.5. The molecular formula is C22H22N2O5. The summed E-state index contributed by atoms with van der Waals surface area (Å²) < 4.78 is 5.05. The Morgan fingerprint density at radius 3 is 2.00 bits per heavy atom. The predicted octanol–water partition coefficient (Wildman–Crippen LogP) is 3.17. The molecule has 2 aromatic carbocycles. The van der Waals surface area contributed by atoms with Gasteiger partial charge in [-0.2, -0.15) is 0 Å². The molecule has 0 bridgehead atoms. The molecule has 7 nitrogen and oxygen atoms in total. The Hall–Kier alpha value is -3.48. The van der Waals surface area contributed by atoms with Crippen molar-refractivity contribution < 1.29 is 23.9 Å². The summed E-state index contributed by atoms with van der Waals surface area (Å²) in [6, 6.07) is 12.3. The molecule has 0 aromatic heterocycles. The van der Waals surface area contributed by atoms with E-state index in [0.29, 0.717) is 16.2 Å². The number of anilines is 1. The van der Waals surface area contributed by atoms with E-state index in [9.17, 15) is 19.2 Å². The van der Waals surface area contributed by atoms with Crippen LogP contribution in [0.15, 0.2) is 48.5 Å². The van der Waals surface area contributed by atoms with Gasteiger partial charge in [-0.05, 0) is 35.2 Å². The number of hydrogen-bond donors (Lipinski definition) is 0. The lowest BCUT2D eigenvalue weighted by atomic mass is 9.86. The molecule has 0 aliphatic carbocycles. The molecule has 1 fully saturated rings. The summed E-state index contributed by atoms with van der Waals surface area (Å²) >= 11 is 0. The van der Waals surface area contributed by atoms with E-state index in [4.69, 9.17) is 4.74 Å². The standard InChI is InChI=1S/C22H22N2O5/c1-22(2,3)15-7-5-14(6-8-15)18(25)13-23-19(26)20(27)24(21(23)28)16-9-11-17(29-4)12-10-16/h5-12H,13H2,1-4H3. The van der Waals surface area contributed by atoms with Crippen LogP contribution in [0.1, 0.15) is 36.7 Å². The Labute approximate surface area is 168 Å². The summed E-state index contributed by atoms with van der Waals surface area (Å²) in [5, 5.41) is 0. The number of ketones is 1. The third kappa shape index (κ3) is 3.89. The molecule has 0 unspecified atom stereocenters. The van der Waals surface area contributed by atoms with E-state index in [2.05, 4.69) is 20.8 Å². The number of benzene rings is 2. The Bertz CT molecular complexity index is 972. The number of methoxy groups -OCH3 is 1. The highest BCUT2D eigenvalue weighted by Gasteiger charge is 2.46. The minimum atomic E-state index is -1.02. The highest BCUT2D eigenvalue weighted by molar-refractivity contribution is 6.53. The fraction of sp³-hybridized carbons (Fsp3) is 0.273. The molecule has 3 rings (SSSR count). The molecule has 1 aliphatic rings. The van der Waals surface area contributed by atoms with Gasteiger partial charge in [-0.25, -0.2) is 14.6 Å². The fourth-order valence-electron chi connectivity index (χ4n) is 2.99. The van der Waals surface area contributed by atoms with Crippen molar-refractivity contribution >= 4 is 29.3 Å². The van der Waals surface area contributed by atoms with Crippen LogP contribution >= 0.6 is 0 Å². The maximum absolute atomic E-state index is 12.7. The molecule has 0 saturated carbocycles. The SMILES string of the molecule is COc1ccc(N2C(=O)C(=O)N(CC(=O)c3ccc(C(C)(C)C)cc3)C2=O)cc1. The first kappa shape index (κ1) is 20.3. The summed E-state index contributed by atoms with van der Waals surface area (Å²) in [5.74, 6) is -1.89. The Balaban J connectivity index is 1.78. The van der Waals surface area contributed by atoms with Crippen molar-refractivity contribution in [2.75, 3.05) is 18.6 Å². The number of urea groups is 1. The van der Waals surface area contributed by atoms with Crippen LogP contribution in [0.5, 0.6) is 5.75 Å². The number of amides is 4. The predicted molar refractivity (Wildman–Crippen MR) is 107 cm³/mol. The molecule has 1 saturated heterocycles. The Morgan fingerprint density at radius 1 is 0.897 bits per heavy atom. The van der Waals surface area contributed by atoms with Gasteiger partial charge in [-0.3, -0.25) is 14.4 Å². The summed E-state index contributed by atoms with van der Waals surface area (Å²) in [7, 11) is 1.49. The van der Waals surface area contributed by atoms with Crippen LogP contribution in [-0.4, -0.2) is 42.2 Å². The molecule has 1 heterocycles. The molecule has 1 aliphatic heterocycles. The first-order chi connectivity index (χ1) is 13.6. The Kier molecular flexibility index (Phi) is 5.24. The van der Waals surface area contributed by atoms with E-state index in [1.807, 2.05) is 12.1 Å². The monoisotopic (exact) mass is 394 g/mol. The smallest absolute Gasteiger partial charge is 0.339 e. The van der Waals surface area contributed by atoms with Crippen LogP contribution in [0, 0.1) is 0 Å². The van der Waals surface area contributed by atoms with Gasteiger partial charge in [0, 0.05) is 5.56 Å². The van der Waals surface area contributed by atoms with E-state index >= 15 is 0 Å². The number of hydrogen-bond acceptors (Lipinski definition) is 5. The second-order valence-corrected chi connectivity index (χ2v) is 7.76. The maximum Gasteiger partial charge on any atom is 0.339 e. The number of carbonyl (C=O) groups excluding carboxylic acids is 4.